The van der Waals surface area contributed by atoms with Gasteiger partial charge in [-0.2, -0.15) is 0 Å². The van der Waals surface area contributed by atoms with Gasteiger partial charge in [0.1, 0.15) is 11.9 Å². The van der Waals surface area contributed by atoms with E-state index in [1.54, 1.807) is 73.6 Å². The van der Waals surface area contributed by atoms with Gasteiger partial charge in [-0.1, -0.05) is 29.8 Å². The molecule has 4 N–H and O–H groups in total. The SMILES string of the molecule is CN(C)C(=N)c1ccc(NC(=O)C(NC(=O)Nc2ccc(Cl)cc2)c2ccccc2I)cc1. The second-order valence-electron chi connectivity index (χ2n) is 7.37. The van der Waals surface area contributed by atoms with Gasteiger partial charge in [-0.15, -0.1) is 0 Å². The molecule has 1 atom stereocenters. The van der Waals surface area contributed by atoms with Crippen molar-refractivity contribution in [3.8, 4) is 0 Å². The Morgan fingerprint density at radius 1 is 0.909 bits per heavy atom. The summed E-state index contributed by atoms with van der Waals surface area (Å²) in [6, 6.07) is 19.6. The van der Waals surface area contributed by atoms with Gasteiger partial charge in [-0.3, -0.25) is 10.2 Å². The van der Waals surface area contributed by atoms with Crippen LogP contribution in [0.25, 0.3) is 0 Å². The first-order valence-electron chi connectivity index (χ1n) is 9.99. The molecule has 0 heterocycles. The standard InChI is InChI=1S/C24H23ClIN5O2/c1-31(2)22(27)15-7-11-17(12-8-15)28-23(32)21(19-5-3-4-6-20(19)26)30-24(33)29-18-13-9-16(25)10-14-18/h3-14,21,27H,1-2H3,(H,28,32)(H2,29,30,33). The van der Waals surface area contributed by atoms with Crippen molar-refractivity contribution >= 4 is 63.3 Å². The van der Waals surface area contributed by atoms with Crippen molar-refractivity contribution in [2.45, 2.75) is 6.04 Å². The molecule has 3 aromatic carbocycles. The average molecular weight is 576 g/mol. The quantitative estimate of drug-likeness (QED) is 0.182. The van der Waals surface area contributed by atoms with E-state index in [0.717, 1.165) is 9.13 Å². The van der Waals surface area contributed by atoms with Crippen LogP contribution in [0.5, 0.6) is 0 Å². The Morgan fingerprint density at radius 2 is 1.48 bits per heavy atom. The first-order chi connectivity index (χ1) is 15.7. The zero-order valence-corrected chi connectivity index (χ0v) is 20.9. The number of rotatable bonds is 6. The summed E-state index contributed by atoms with van der Waals surface area (Å²) in [6.45, 7) is 0. The molecular formula is C24H23ClIN5O2. The van der Waals surface area contributed by atoms with Crippen molar-refractivity contribution in [2.75, 3.05) is 24.7 Å². The Morgan fingerprint density at radius 3 is 2.09 bits per heavy atom. The summed E-state index contributed by atoms with van der Waals surface area (Å²) in [5.74, 6) is -0.0223. The van der Waals surface area contributed by atoms with Crippen molar-refractivity contribution in [3.05, 3.63) is 92.5 Å². The lowest BCUT2D eigenvalue weighted by molar-refractivity contribution is -0.118. The minimum absolute atomic E-state index is 0.366. The zero-order chi connectivity index (χ0) is 24.0. The smallest absolute Gasteiger partial charge is 0.320 e. The summed E-state index contributed by atoms with van der Waals surface area (Å²) < 4.78 is 0.844. The molecule has 0 radical (unpaired) electrons. The Labute approximate surface area is 211 Å². The van der Waals surface area contributed by atoms with Gasteiger partial charge < -0.3 is 20.9 Å². The van der Waals surface area contributed by atoms with E-state index in [9.17, 15) is 9.59 Å². The molecule has 3 aromatic rings. The average Bonchev–Trinajstić information content (AvgIpc) is 2.79. The van der Waals surface area contributed by atoms with Gasteiger partial charge in [0.25, 0.3) is 5.91 Å². The number of amides is 3. The topological polar surface area (TPSA) is 97.3 Å². The highest BCUT2D eigenvalue weighted by atomic mass is 127. The van der Waals surface area contributed by atoms with Crippen LogP contribution in [-0.4, -0.2) is 36.8 Å². The van der Waals surface area contributed by atoms with Crippen LogP contribution in [0.4, 0.5) is 16.2 Å². The van der Waals surface area contributed by atoms with Gasteiger partial charge in [0.15, 0.2) is 0 Å². The fourth-order valence-electron chi connectivity index (χ4n) is 3.01. The minimum atomic E-state index is -0.926. The number of nitrogens with zero attached hydrogens (tertiary/aromatic N) is 1. The number of nitrogens with one attached hydrogen (secondary N) is 4. The van der Waals surface area contributed by atoms with Crippen LogP contribution in [0.15, 0.2) is 72.8 Å². The van der Waals surface area contributed by atoms with E-state index in [1.165, 1.54) is 0 Å². The molecule has 0 aliphatic rings. The second-order valence-corrected chi connectivity index (χ2v) is 8.97. The molecule has 0 aromatic heterocycles. The molecule has 3 amide bonds. The van der Waals surface area contributed by atoms with Crippen molar-refractivity contribution in [1.29, 1.82) is 5.41 Å². The molecule has 0 saturated heterocycles. The fourth-order valence-corrected chi connectivity index (χ4v) is 3.83. The third-order valence-corrected chi connectivity index (χ3v) is 5.96. The van der Waals surface area contributed by atoms with E-state index in [0.29, 0.717) is 27.8 Å². The molecule has 0 fully saturated rings. The number of hydrogen-bond acceptors (Lipinski definition) is 3. The maximum atomic E-state index is 13.2. The highest BCUT2D eigenvalue weighted by Crippen LogP contribution is 2.23. The van der Waals surface area contributed by atoms with Crippen LogP contribution in [0.1, 0.15) is 17.2 Å². The predicted octanol–water partition coefficient (Wildman–Crippen LogP) is 5.33. The largest absolute Gasteiger partial charge is 0.363 e. The third kappa shape index (κ3) is 6.69. The summed E-state index contributed by atoms with van der Waals surface area (Å²) in [6.07, 6.45) is 0. The predicted molar refractivity (Wildman–Crippen MR) is 141 cm³/mol. The van der Waals surface area contributed by atoms with Gasteiger partial charge in [0, 0.05) is 39.6 Å². The Bertz CT molecular complexity index is 1150. The number of hydrogen-bond donors (Lipinski definition) is 4. The van der Waals surface area contributed by atoms with Crippen molar-refractivity contribution in [1.82, 2.24) is 10.2 Å². The number of urea groups is 1. The molecule has 0 aliphatic heterocycles. The summed E-state index contributed by atoms with van der Waals surface area (Å²) in [7, 11) is 3.59. The van der Waals surface area contributed by atoms with Gasteiger partial charge >= 0.3 is 6.03 Å². The van der Waals surface area contributed by atoms with Gasteiger partial charge in [0.2, 0.25) is 0 Å². The molecule has 0 spiro atoms. The number of amidine groups is 1. The summed E-state index contributed by atoms with van der Waals surface area (Å²) >= 11 is 8.03. The van der Waals surface area contributed by atoms with Crippen LogP contribution in [0.3, 0.4) is 0 Å². The van der Waals surface area contributed by atoms with Crippen LogP contribution in [0, 0.1) is 8.98 Å². The molecule has 1 unspecified atom stereocenters. The van der Waals surface area contributed by atoms with Crippen LogP contribution < -0.4 is 16.0 Å². The zero-order valence-electron chi connectivity index (χ0n) is 18.0. The minimum Gasteiger partial charge on any atom is -0.363 e. The Hall–Kier alpha value is -3.11. The lowest BCUT2D eigenvalue weighted by atomic mass is 10.1. The molecule has 170 valence electrons. The van der Waals surface area contributed by atoms with Crippen molar-refractivity contribution in [2.24, 2.45) is 0 Å². The normalized spacial score (nSPS) is 11.3. The number of carbonyl (C=O) groups is 2. The fraction of sp³-hybridized carbons (Fsp3) is 0.125. The maximum absolute atomic E-state index is 13.2. The summed E-state index contributed by atoms with van der Waals surface area (Å²) in [5.41, 5.74) is 2.52. The number of benzene rings is 3. The lowest BCUT2D eigenvalue weighted by Crippen LogP contribution is -2.39. The molecule has 0 saturated carbocycles. The Balaban J connectivity index is 1.78. The van der Waals surface area contributed by atoms with E-state index in [2.05, 4.69) is 38.5 Å². The molecule has 7 nitrogen and oxygen atoms in total. The molecule has 9 heteroatoms. The third-order valence-electron chi connectivity index (χ3n) is 4.73. The molecule has 0 bridgehead atoms. The van der Waals surface area contributed by atoms with E-state index in [4.69, 9.17) is 17.0 Å². The van der Waals surface area contributed by atoms with E-state index >= 15 is 0 Å². The number of anilines is 2. The Kier molecular flexibility index (Phi) is 8.29. The van der Waals surface area contributed by atoms with Crippen LogP contribution >= 0.6 is 34.2 Å². The number of halogens is 2. The van der Waals surface area contributed by atoms with Crippen molar-refractivity contribution in [3.63, 3.8) is 0 Å². The van der Waals surface area contributed by atoms with Gasteiger partial charge in [-0.05, 0) is 82.8 Å². The van der Waals surface area contributed by atoms with Gasteiger partial charge in [-0.25, -0.2) is 4.79 Å². The molecule has 3 rings (SSSR count). The highest BCUT2D eigenvalue weighted by molar-refractivity contribution is 14.1. The van der Waals surface area contributed by atoms with Crippen LogP contribution in [0.2, 0.25) is 5.02 Å². The molecular weight excluding hydrogens is 553 g/mol. The first kappa shape index (κ1) is 24.5. The van der Waals surface area contributed by atoms with E-state index in [1.807, 2.05) is 18.2 Å². The molecule has 33 heavy (non-hydrogen) atoms. The number of carbonyl (C=O) groups excluding carboxylic acids is 2. The molecule has 0 aliphatic carbocycles. The van der Waals surface area contributed by atoms with Gasteiger partial charge in [0.05, 0.1) is 0 Å². The van der Waals surface area contributed by atoms with E-state index in [-0.39, 0.29) is 5.91 Å². The maximum Gasteiger partial charge on any atom is 0.320 e. The summed E-state index contributed by atoms with van der Waals surface area (Å²) in [5, 5.41) is 16.9. The van der Waals surface area contributed by atoms with Crippen molar-refractivity contribution < 1.29 is 9.59 Å². The first-order valence-corrected chi connectivity index (χ1v) is 11.4. The monoisotopic (exact) mass is 575 g/mol. The van der Waals surface area contributed by atoms with Crippen LogP contribution in [-0.2, 0) is 4.79 Å². The highest BCUT2D eigenvalue weighted by Gasteiger charge is 2.25. The van der Waals surface area contributed by atoms with E-state index < -0.39 is 12.1 Å². The second kappa shape index (κ2) is 11.2. The summed E-state index contributed by atoms with van der Waals surface area (Å²) in [4.78, 5) is 27.6. The lowest BCUT2D eigenvalue weighted by Gasteiger charge is -2.21.